The van der Waals surface area contributed by atoms with E-state index in [1.807, 2.05) is 6.92 Å². The van der Waals surface area contributed by atoms with E-state index in [1.165, 1.54) is 25.3 Å². The van der Waals surface area contributed by atoms with Crippen LogP contribution in [0.15, 0.2) is 11.4 Å². The number of hydrogen-bond donors (Lipinski definition) is 4. The Hall–Kier alpha value is -4.53. The zero-order valence-corrected chi connectivity index (χ0v) is 26.6. The van der Waals surface area contributed by atoms with Gasteiger partial charge >= 0.3 is 11.9 Å². The SMILES string of the molecule is CCc1c(C)/c2[nH]/c1=C\c1[nH]c3c(c1C)C(=O)[C@H](C(=O)OC)/C3=C1/N/C(=C\c3[nH]c(c(C)c3C)\C=2)[C@@H](C)[C@@H]1CCC(=O)OC. The number of aromatic amines is 3. The second kappa shape index (κ2) is 10.9. The van der Waals surface area contributed by atoms with E-state index in [9.17, 15) is 14.4 Å². The van der Waals surface area contributed by atoms with Crippen molar-refractivity contribution in [3.05, 3.63) is 78.2 Å². The first-order valence-electron chi connectivity index (χ1n) is 15.2. The number of rotatable bonds is 5. The highest BCUT2D eigenvalue weighted by atomic mass is 16.5. The van der Waals surface area contributed by atoms with Crippen LogP contribution in [0.2, 0.25) is 0 Å². The molecule has 9 nitrogen and oxygen atoms in total. The molecule has 9 heteroatoms. The van der Waals surface area contributed by atoms with Crippen molar-refractivity contribution >= 4 is 41.5 Å². The van der Waals surface area contributed by atoms with Crippen molar-refractivity contribution in [2.45, 2.75) is 60.8 Å². The number of hydrogen-bond acceptors (Lipinski definition) is 6. The van der Waals surface area contributed by atoms with Gasteiger partial charge in [0.2, 0.25) is 0 Å². The maximum Gasteiger partial charge on any atom is 0.321 e. The molecule has 0 amide bonds. The molecule has 0 aromatic carbocycles. The Morgan fingerprint density at radius 2 is 1.50 bits per heavy atom. The molecule has 4 N–H and O–H groups in total. The minimum Gasteiger partial charge on any atom is -0.469 e. The van der Waals surface area contributed by atoms with Crippen molar-refractivity contribution in [2.24, 2.45) is 17.8 Å². The van der Waals surface area contributed by atoms with Gasteiger partial charge in [-0.25, -0.2) is 0 Å². The molecular formula is C35H40N4O5. The number of nitrogens with one attached hydrogen (secondary N) is 4. The largest absolute Gasteiger partial charge is 0.469 e. The molecule has 2 aliphatic heterocycles. The van der Waals surface area contributed by atoms with E-state index in [4.69, 9.17) is 9.47 Å². The molecule has 1 aliphatic carbocycles. The monoisotopic (exact) mass is 596 g/mol. The number of Topliss-reactive ketones (excluding diaryl/α,β-unsaturated/α-hetero) is 1. The van der Waals surface area contributed by atoms with Crippen LogP contribution in [0.5, 0.6) is 0 Å². The topological polar surface area (TPSA) is 129 Å². The molecule has 3 atom stereocenters. The second-order valence-corrected chi connectivity index (χ2v) is 12.2. The van der Waals surface area contributed by atoms with Crippen molar-refractivity contribution in [1.82, 2.24) is 20.3 Å². The quantitative estimate of drug-likeness (QED) is 0.261. The lowest BCUT2D eigenvalue weighted by Gasteiger charge is -2.19. The van der Waals surface area contributed by atoms with E-state index in [0.717, 1.165) is 62.3 Å². The first-order valence-corrected chi connectivity index (χ1v) is 15.2. The summed E-state index contributed by atoms with van der Waals surface area (Å²) in [6.07, 6.45) is 7.88. The number of allylic oxidation sites excluding steroid dienone is 2. The van der Waals surface area contributed by atoms with Crippen LogP contribution in [0.25, 0.3) is 23.8 Å². The van der Waals surface area contributed by atoms with Crippen molar-refractivity contribution in [1.29, 1.82) is 0 Å². The van der Waals surface area contributed by atoms with E-state index in [0.29, 0.717) is 23.3 Å². The van der Waals surface area contributed by atoms with E-state index < -0.39 is 11.9 Å². The molecule has 0 saturated carbocycles. The summed E-state index contributed by atoms with van der Waals surface area (Å²) in [6, 6.07) is 0. The minimum absolute atomic E-state index is 0.0345. The summed E-state index contributed by atoms with van der Waals surface area (Å²) < 4.78 is 10.2. The van der Waals surface area contributed by atoms with Gasteiger partial charge in [-0.2, -0.15) is 0 Å². The molecule has 3 aliphatic rings. The molecular weight excluding hydrogens is 556 g/mol. The van der Waals surface area contributed by atoms with Crippen LogP contribution in [-0.4, -0.2) is 46.9 Å². The van der Waals surface area contributed by atoms with Crippen LogP contribution >= 0.6 is 0 Å². The molecule has 44 heavy (non-hydrogen) atoms. The smallest absolute Gasteiger partial charge is 0.321 e. The lowest BCUT2D eigenvalue weighted by molar-refractivity contribution is -0.142. The average molecular weight is 597 g/mol. The normalized spacial score (nSPS) is 24.6. The fourth-order valence-electron chi connectivity index (χ4n) is 7.22. The van der Waals surface area contributed by atoms with E-state index in [2.05, 4.69) is 73.1 Å². The van der Waals surface area contributed by atoms with Gasteiger partial charge < -0.3 is 29.7 Å². The van der Waals surface area contributed by atoms with E-state index in [1.54, 1.807) is 0 Å². The molecule has 5 heterocycles. The highest BCUT2D eigenvalue weighted by Crippen LogP contribution is 2.48. The lowest BCUT2D eigenvalue weighted by atomic mass is 9.85. The van der Waals surface area contributed by atoms with Crippen molar-refractivity contribution in [2.75, 3.05) is 14.2 Å². The number of ketones is 1. The molecule has 0 spiro atoms. The van der Waals surface area contributed by atoms with Crippen molar-refractivity contribution in [3.63, 3.8) is 0 Å². The Labute approximate surface area is 256 Å². The van der Waals surface area contributed by atoms with Crippen LogP contribution in [0, 0.1) is 45.4 Å². The van der Waals surface area contributed by atoms with Crippen molar-refractivity contribution in [3.8, 4) is 0 Å². The second-order valence-electron chi connectivity index (χ2n) is 12.2. The number of esters is 2. The zero-order valence-electron chi connectivity index (χ0n) is 26.6. The predicted octanol–water partition coefficient (Wildman–Crippen LogP) is 3.98. The number of carbonyl (C=O) groups excluding carboxylic acids is 3. The zero-order chi connectivity index (χ0) is 31.6. The highest BCUT2D eigenvalue weighted by Gasteiger charge is 2.48. The van der Waals surface area contributed by atoms with Gasteiger partial charge in [-0.05, 0) is 86.6 Å². The Bertz CT molecular complexity index is 1930. The third-order valence-corrected chi connectivity index (χ3v) is 10.0. The molecule has 3 aromatic heterocycles. The molecule has 6 rings (SSSR count). The first kappa shape index (κ1) is 29.5. The first-order chi connectivity index (χ1) is 21.0. The Morgan fingerprint density at radius 3 is 2.16 bits per heavy atom. The number of methoxy groups -OCH3 is 2. The minimum atomic E-state index is -1.11. The molecule has 1 saturated heterocycles. The number of aromatic nitrogens is 3. The van der Waals surface area contributed by atoms with E-state index in [-0.39, 0.29) is 30.0 Å². The van der Waals surface area contributed by atoms with Crippen LogP contribution in [0.4, 0.5) is 0 Å². The predicted molar refractivity (Wildman–Crippen MR) is 169 cm³/mol. The number of H-pyrrole nitrogens is 3. The number of ether oxygens (including phenoxy) is 2. The number of fused-ring (bicyclic) bond motifs is 7. The maximum absolute atomic E-state index is 14.1. The van der Waals surface area contributed by atoms with E-state index >= 15 is 0 Å². The van der Waals surface area contributed by atoms with Gasteiger partial charge in [0.25, 0.3) is 0 Å². The van der Waals surface area contributed by atoms with Crippen LogP contribution in [0.3, 0.4) is 0 Å². The standard InChI is InChI=1S/C35H40N4O5/c1-9-20-17(4)24-12-22-15(2)16(3)23(36-22)13-25-18(5)21(10-11-28(40)43-7)32(38-25)30-31(35(42)44-8)34(41)29-19(6)26(39-33(29)30)14-27(20)37-24/h12-14,18,21,31,36-39H,9-11H2,1-8H3/b24-12-,25-13-,27-14-,32-30-/t18-,21-,31+/m0/s1. The van der Waals surface area contributed by atoms with Crippen LogP contribution in [0.1, 0.15) is 87.6 Å². The summed E-state index contributed by atoms with van der Waals surface area (Å²) in [7, 11) is 2.69. The lowest BCUT2D eigenvalue weighted by Crippen LogP contribution is -2.25. The molecule has 0 radical (unpaired) electrons. The highest BCUT2D eigenvalue weighted by molar-refractivity contribution is 6.24. The third kappa shape index (κ3) is 4.40. The molecule has 1 fully saturated rings. The molecule has 230 valence electrons. The van der Waals surface area contributed by atoms with Gasteiger partial charge in [-0.3, -0.25) is 14.4 Å². The molecule has 0 unspecified atom stereocenters. The van der Waals surface area contributed by atoms with Crippen LogP contribution < -0.4 is 16.0 Å². The Kier molecular flexibility index (Phi) is 7.30. The summed E-state index contributed by atoms with van der Waals surface area (Å²) in [5, 5.41) is 5.64. The molecule has 8 bridgehead atoms. The van der Waals surface area contributed by atoms with Gasteiger partial charge in [0.05, 0.1) is 19.9 Å². The fourth-order valence-corrected chi connectivity index (χ4v) is 7.22. The summed E-state index contributed by atoms with van der Waals surface area (Å²) >= 11 is 0. The van der Waals surface area contributed by atoms with Gasteiger partial charge in [0.1, 0.15) is 5.92 Å². The fraction of sp³-hybridized carbons (Fsp3) is 0.400. The average Bonchev–Trinajstić information content (AvgIpc) is 3.74. The van der Waals surface area contributed by atoms with Gasteiger partial charge in [0, 0.05) is 68.6 Å². The Morgan fingerprint density at radius 1 is 0.841 bits per heavy atom. The summed E-state index contributed by atoms with van der Waals surface area (Å²) in [5.41, 5.74) is 11.7. The summed E-state index contributed by atoms with van der Waals surface area (Å²) in [6.45, 7) is 12.5. The summed E-state index contributed by atoms with van der Waals surface area (Å²) in [5.74, 6) is -2.50. The van der Waals surface area contributed by atoms with Crippen molar-refractivity contribution < 1.29 is 23.9 Å². The molecule has 3 aromatic rings. The van der Waals surface area contributed by atoms with Gasteiger partial charge in [-0.1, -0.05) is 13.8 Å². The maximum atomic E-state index is 14.1. The Balaban J connectivity index is 1.71. The third-order valence-electron chi connectivity index (χ3n) is 10.0. The van der Waals surface area contributed by atoms with Crippen LogP contribution in [-0.2, 0) is 25.5 Å². The number of carbonyl (C=O) groups is 3. The summed E-state index contributed by atoms with van der Waals surface area (Å²) in [4.78, 5) is 50.4. The van der Waals surface area contributed by atoms with Gasteiger partial charge in [0.15, 0.2) is 5.78 Å². The van der Waals surface area contributed by atoms with Gasteiger partial charge in [-0.15, -0.1) is 0 Å².